The molecular formula is C26H30BN2+. The lowest BCUT2D eigenvalue weighted by atomic mass is 9.52. The maximum absolute atomic E-state index is 9.31. The van der Waals surface area contributed by atoms with Crippen LogP contribution in [-0.4, -0.2) is 6.85 Å². The summed E-state index contributed by atoms with van der Waals surface area (Å²) in [5, 5.41) is 1.11. The number of benzene rings is 2. The number of aryl methyl sites for hydroxylation is 1. The lowest BCUT2D eigenvalue weighted by Gasteiger charge is -2.32. The maximum Gasteiger partial charge on any atom is 0.409 e. The summed E-state index contributed by atoms with van der Waals surface area (Å²) in [6, 6.07) is 18.3. The van der Waals surface area contributed by atoms with Crippen LogP contribution < -0.4 is 14.8 Å². The van der Waals surface area contributed by atoms with E-state index in [4.69, 9.17) is 4.11 Å². The third-order valence-electron chi connectivity index (χ3n) is 6.80. The lowest BCUT2D eigenvalue weighted by Crippen LogP contribution is -2.53. The number of aromatic nitrogens is 1. The van der Waals surface area contributed by atoms with Gasteiger partial charge in [-0.05, 0) is 67.6 Å². The van der Waals surface area contributed by atoms with Crippen molar-refractivity contribution >= 4 is 34.6 Å². The quantitative estimate of drug-likeness (QED) is 0.422. The summed E-state index contributed by atoms with van der Waals surface area (Å²) in [5.74, 6) is 0.327. The van der Waals surface area contributed by atoms with Gasteiger partial charge < -0.3 is 0 Å². The molecule has 0 unspecified atom stereocenters. The molecule has 0 bridgehead atoms. The SMILES string of the molecule is [2H]C([2H])([2H])C1=C(C)N(c2cc(C3([2H])CCCC3)c3ccccc3[n+]2C)B(C)c2ccccc21. The second kappa shape index (κ2) is 7.05. The molecule has 2 aromatic carbocycles. The molecule has 0 spiro atoms. The molecule has 29 heavy (non-hydrogen) atoms. The van der Waals surface area contributed by atoms with Gasteiger partial charge >= 0.3 is 6.85 Å². The molecule has 0 saturated heterocycles. The van der Waals surface area contributed by atoms with E-state index in [1.165, 1.54) is 0 Å². The molecule has 2 aliphatic rings. The van der Waals surface area contributed by atoms with E-state index in [1.54, 1.807) is 0 Å². The second-order valence-corrected chi connectivity index (χ2v) is 8.40. The van der Waals surface area contributed by atoms with Crippen LogP contribution in [0, 0.1) is 0 Å². The number of nitrogens with zero attached hydrogens (tertiary/aromatic N) is 2. The van der Waals surface area contributed by atoms with Crippen LogP contribution in [0.4, 0.5) is 5.82 Å². The van der Waals surface area contributed by atoms with Crippen LogP contribution in [-0.2, 0) is 7.05 Å². The molecule has 0 N–H and O–H groups in total. The van der Waals surface area contributed by atoms with E-state index < -0.39 is 12.7 Å². The van der Waals surface area contributed by atoms with Crippen LogP contribution in [0.15, 0.2) is 60.3 Å². The molecule has 1 fully saturated rings. The van der Waals surface area contributed by atoms with Gasteiger partial charge in [-0.15, -0.1) is 0 Å². The minimum absolute atomic E-state index is 0.0298. The van der Waals surface area contributed by atoms with Crippen LogP contribution in [0.25, 0.3) is 16.5 Å². The van der Waals surface area contributed by atoms with E-state index in [-0.39, 0.29) is 6.85 Å². The van der Waals surface area contributed by atoms with Crippen molar-refractivity contribution in [2.24, 2.45) is 7.05 Å². The zero-order valence-corrected chi connectivity index (χ0v) is 17.5. The zero-order chi connectivity index (χ0) is 23.5. The number of fused-ring (bicyclic) bond motifs is 2. The van der Waals surface area contributed by atoms with Gasteiger partial charge in [0.15, 0.2) is 0 Å². The highest BCUT2D eigenvalue weighted by atomic mass is 15.2. The number of rotatable bonds is 2. The standard InChI is InChI=1S/C26H30BN2/c1-18-19(2)29(27(3)24-15-9-7-13-21(18)24)26-17-23(20-11-5-6-12-20)22-14-8-10-16-25(22)28(26)4/h7-10,13-17,20H,5-6,11-12H2,1-4H3/q+1/i1D3,20D. The predicted molar refractivity (Wildman–Crippen MR) is 125 cm³/mol. The van der Waals surface area contributed by atoms with E-state index in [0.717, 1.165) is 64.7 Å². The summed E-state index contributed by atoms with van der Waals surface area (Å²) in [6.45, 7) is 1.81. The summed E-state index contributed by atoms with van der Waals surface area (Å²) in [4.78, 5) is 2.16. The molecule has 1 aliphatic heterocycles. The van der Waals surface area contributed by atoms with Crippen molar-refractivity contribution in [3.8, 4) is 0 Å². The fourth-order valence-corrected chi connectivity index (χ4v) is 5.22. The van der Waals surface area contributed by atoms with Crippen molar-refractivity contribution in [3.05, 3.63) is 71.4 Å². The van der Waals surface area contributed by atoms with Crippen LogP contribution in [0.3, 0.4) is 0 Å². The van der Waals surface area contributed by atoms with Gasteiger partial charge in [-0.2, -0.15) is 0 Å². The first-order valence-electron chi connectivity index (χ1n) is 12.7. The van der Waals surface area contributed by atoms with Crippen LogP contribution in [0.5, 0.6) is 0 Å². The zero-order valence-electron chi connectivity index (χ0n) is 21.5. The first-order chi connectivity index (χ1) is 15.6. The van der Waals surface area contributed by atoms with Crippen molar-refractivity contribution in [2.45, 2.75) is 52.2 Å². The van der Waals surface area contributed by atoms with Crippen molar-refractivity contribution < 1.29 is 10.1 Å². The number of pyridine rings is 1. The number of allylic oxidation sites excluding steroid dienone is 2. The summed E-state index contributed by atoms with van der Waals surface area (Å²) in [5.41, 5.74) is 5.12. The molecule has 2 nitrogen and oxygen atoms in total. The van der Waals surface area contributed by atoms with Gasteiger partial charge in [0.1, 0.15) is 5.52 Å². The number of para-hydroxylation sites is 1. The predicted octanol–water partition coefficient (Wildman–Crippen LogP) is 5.42. The molecule has 146 valence electrons. The van der Waals surface area contributed by atoms with E-state index in [0.29, 0.717) is 5.57 Å². The molecule has 1 saturated carbocycles. The van der Waals surface area contributed by atoms with Gasteiger partial charge in [0.25, 0.3) is 5.82 Å². The fourth-order valence-electron chi connectivity index (χ4n) is 5.22. The number of hydrogen-bond donors (Lipinski definition) is 0. The van der Waals surface area contributed by atoms with Gasteiger partial charge in [-0.1, -0.05) is 55.3 Å². The Balaban J connectivity index is 1.82. The average molecular weight is 385 g/mol. The highest BCUT2D eigenvalue weighted by Gasteiger charge is 2.39. The summed E-state index contributed by atoms with van der Waals surface area (Å²) >= 11 is 0. The van der Waals surface area contributed by atoms with Crippen LogP contribution in [0.1, 0.15) is 62.0 Å². The summed E-state index contributed by atoms with van der Waals surface area (Å²) in [6.07, 6.45) is 3.86. The topological polar surface area (TPSA) is 7.12 Å². The molecule has 3 aromatic rings. The van der Waals surface area contributed by atoms with E-state index >= 15 is 0 Å². The highest BCUT2D eigenvalue weighted by Crippen LogP contribution is 2.39. The van der Waals surface area contributed by atoms with E-state index in [2.05, 4.69) is 34.4 Å². The molecule has 2 heterocycles. The minimum Gasteiger partial charge on any atom is -0.290 e. The normalized spacial score (nSPS) is 20.9. The van der Waals surface area contributed by atoms with Gasteiger partial charge in [0.05, 0.1) is 12.7 Å². The third kappa shape index (κ3) is 2.82. The molecule has 0 amide bonds. The Morgan fingerprint density at radius 3 is 2.62 bits per heavy atom. The Kier molecular flexibility index (Phi) is 3.51. The minimum atomic E-state index is -2.22. The van der Waals surface area contributed by atoms with Crippen molar-refractivity contribution in [1.29, 1.82) is 0 Å². The first-order valence-corrected chi connectivity index (χ1v) is 10.7. The van der Waals surface area contributed by atoms with Crippen LogP contribution >= 0.6 is 0 Å². The Hall–Kier alpha value is -2.55. The molecule has 0 atom stereocenters. The molecule has 1 aromatic heterocycles. The number of anilines is 1. The molecule has 1 aliphatic carbocycles. The Morgan fingerprint density at radius 2 is 1.83 bits per heavy atom. The smallest absolute Gasteiger partial charge is 0.290 e. The summed E-state index contributed by atoms with van der Waals surface area (Å²) < 4.78 is 36.4. The van der Waals surface area contributed by atoms with Gasteiger partial charge in [-0.3, -0.25) is 4.81 Å². The Labute approximate surface area is 180 Å². The van der Waals surface area contributed by atoms with Crippen LogP contribution in [0.2, 0.25) is 6.82 Å². The largest absolute Gasteiger partial charge is 0.409 e. The number of hydrogen-bond acceptors (Lipinski definition) is 1. The monoisotopic (exact) mass is 385 g/mol. The lowest BCUT2D eigenvalue weighted by molar-refractivity contribution is -0.631. The highest BCUT2D eigenvalue weighted by molar-refractivity contribution is 6.77. The second-order valence-electron chi connectivity index (χ2n) is 8.40. The van der Waals surface area contributed by atoms with Crippen molar-refractivity contribution in [1.82, 2.24) is 0 Å². The molecule has 5 rings (SSSR count). The van der Waals surface area contributed by atoms with E-state index in [1.807, 2.05) is 50.4 Å². The Morgan fingerprint density at radius 1 is 1.10 bits per heavy atom. The molecule has 0 radical (unpaired) electrons. The Bertz CT molecular complexity index is 1280. The average Bonchev–Trinajstić information content (AvgIpc) is 3.22. The van der Waals surface area contributed by atoms with Gasteiger partial charge in [-0.25, -0.2) is 4.57 Å². The maximum atomic E-state index is 9.31. The van der Waals surface area contributed by atoms with E-state index in [9.17, 15) is 1.37 Å². The van der Waals surface area contributed by atoms with Crippen molar-refractivity contribution in [2.75, 3.05) is 4.81 Å². The molecular weight excluding hydrogens is 351 g/mol. The summed E-state index contributed by atoms with van der Waals surface area (Å²) in [7, 11) is 2.04. The first kappa shape index (κ1) is 14.4. The molecule has 3 heteroatoms. The third-order valence-corrected chi connectivity index (χ3v) is 6.80. The fraction of sp³-hybridized carbons (Fsp3) is 0.346. The van der Waals surface area contributed by atoms with Gasteiger partial charge in [0, 0.05) is 16.9 Å². The van der Waals surface area contributed by atoms with Crippen molar-refractivity contribution in [3.63, 3.8) is 0 Å². The van der Waals surface area contributed by atoms with Gasteiger partial charge in [0.2, 0.25) is 0 Å².